The van der Waals surface area contributed by atoms with Gasteiger partial charge < -0.3 is 0 Å². The quantitative estimate of drug-likeness (QED) is 0.466. The van der Waals surface area contributed by atoms with Gasteiger partial charge in [-0.2, -0.15) is 13.2 Å². The van der Waals surface area contributed by atoms with Crippen LogP contribution in [0.15, 0.2) is 24.4 Å². The van der Waals surface area contributed by atoms with E-state index in [1.54, 1.807) is 0 Å². The van der Waals surface area contributed by atoms with Crippen molar-refractivity contribution >= 4 is 34.8 Å². The van der Waals surface area contributed by atoms with Gasteiger partial charge in [-0.3, -0.25) is 4.98 Å². The minimum atomic E-state index is -4.85. The Hall–Kier alpha value is -1.04. The lowest BCUT2D eigenvalue weighted by Gasteiger charge is -2.15. The van der Waals surface area contributed by atoms with Gasteiger partial charge in [0.25, 0.3) is 0 Å². The Labute approximate surface area is 126 Å². The fourth-order valence-electron chi connectivity index (χ4n) is 1.65. The number of pyridine rings is 1. The maximum Gasteiger partial charge on any atom is 0.434 e. The fraction of sp³-hybridized carbons (Fsp3) is 0.0833. The second-order valence-electron chi connectivity index (χ2n) is 3.73. The van der Waals surface area contributed by atoms with E-state index in [4.69, 9.17) is 34.8 Å². The number of hydrogen-bond donors (Lipinski definition) is 0. The maximum absolute atomic E-state index is 13.9. The normalized spacial score (nSPS) is 11.8. The van der Waals surface area contributed by atoms with E-state index in [1.807, 2.05) is 0 Å². The van der Waals surface area contributed by atoms with E-state index >= 15 is 0 Å². The number of nitrogens with zero attached hydrogens (tertiary/aromatic N) is 1. The Balaban J connectivity index is 2.87. The summed E-state index contributed by atoms with van der Waals surface area (Å²) in [5.74, 6) is -1.14. The van der Waals surface area contributed by atoms with Gasteiger partial charge in [0.2, 0.25) is 0 Å². The van der Waals surface area contributed by atoms with Crippen LogP contribution in [0.1, 0.15) is 5.69 Å². The summed E-state index contributed by atoms with van der Waals surface area (Å²) in [7, 11) is 0. The van der Waals surface area contributed by atoms with Crippen LogP contribution in [0.4, 0.5) is 17.6 Å². The zero-order chi connectivity index (χ0) is 15.1. The average Bonchev–Trinajstić information content (AvgIpc) is 2.35. The van der Waals surface area contributed by atoms with E-state index in [0.717, 1.165) is 6.07 Å². The molecule has 0 amide bonds. The topological polar surface area (TPSA) is 12.9 Å². The molecule has 0 aliphatic carbocycles. The summed E-state index contributed by atoms with van der Waals surface area (Å²) in [5.41, 5.74) is -2.57. The third-order valence-electron chi connectivity index (χ3n) is 2.46. The first-order valence-electron chi connectivity index (χ1n) is 5.09. The summed E-state index contributed by atoms with van der Waals surface area (Å²) in [6.07, 6.45) is -4.14. The minimum Gasteiger partial charge on any atom is -0.251 e. The molecule has 1 heterocycles. The second kappa shape index (κ2) is 5.39. The average molecular weight is 345 g/mol. The standard InChI is InChI=1S/C12H4Cl3F4N/c13-5-1-2-6(14)10(15)8(5)9-7(16)3-4-20-11(9)12(17,18)19/h1-4H. The third kappa shape index (κ3) is 2.71. The molecule has 0 N–H and O–H groups in total. The zero-order valence-corrected chi connectivity index (χ0v) is 11.7. The predicted octanol–water partition coefficient (Wildman–Crippen LogP) is 5.87. The molecular formula is C12H4Cl3F4N. The Morgan fingerprint density at radius 3 is 2.10 bits per heavy atom. The lowest BCUT2D eigenvalue weighted by atomic mass is 10.0. The molecule has 0 unspecified atom stereocenters. The highest BCUT2D eigenvalue weighted by molar-refractivity contribution is 6.46. The SMILES string of the molecule is Fc1ccnc(C(F)(F)F)c1-c1c(Cl)ccc(Cl)c1Cl. The Morgan fingerprint density at radius 1 is 0.900 bits per heavy atom. The smallest absolute Gasteiger partial charge is 0.251 e. The maximum atomic E-state index is 13.9. The first-order valence-corrected chi connectivity index (χ1v) is 6.22. The Bertz CT molecular complexity index is 670. The van der Waals surface area contributed by atoms with Crippen molar-refractivity contribution in [1.29, 1.82) is 0 Å². The van der Waals surface area contributed by atoms with Crippen LogP contribution in [-0.2, 0) is 6.18 Å². The van der Waals surface area contributed by atoms with E-state index in [1.165, 1.54) is 12.1 Å². The summed E-state index contributed by atoms with van der Waals surface area (Å²) in [6.45, 7) is 0. The van der Waals surface area contributed by atoms with E-state index in [2.05, 4.69) is 4.98 Å². The van der Waals surface area contributed by atoms with Gasteiger partial charge in [0, 0.05) is 11.8 Å². The van der Waals surface area contributed by atoms with E-state index < -0.39 is 23.3 Å². The van der Waals surface area contributed by atoms with Crippen molar-refractivity contribution in [1.82, 2.24) is 4.98 Å². The molecule has 20 heavy (non-hydrogen) atoms. The van der Waals surface area contributed by atoms with Crippen molar-refractivity contribution in [2.24, 2.45) is 0 Å². The van der Waals surface area contributed by atoms with Crippen LogP contribution in [0.25, 0.3) is 11.1 Å². The number of benzene rings is 1. The lowest BCUT2D eigenvalue weighted by molar-refractivity contribution is -0.140. The van der Waals surface area contributed by atoms with Gasteiger partial charge in [0.05, 0.1) is 20.6 Å². The van der Waals surface area contributed by atoms with Crippen LogP contribution < -0.4 is 0 Å². The highest BCUT2D eigenvalue weighted by Crippen LogP contribution is 2.44. The van der Waals surface area contributed by atoms with Crippen LogP contribution in [0.2, 0.25) is 15.1 Å². The molecule has 0 saturated heterocycles. The van der Waals surface area contributed by atoms with E-state index in [-0.39, 0.29) is 20.6 Å². The molecule has 0 aliphatic rings. The van der Waals surface area contributed by atoms with Gasteiger partial charge in [-0.15, -0.1) is 0 Å². The van der Waals surface area contributed by atoms with Gasteiger partial charge in [-0.05, 0) is 18.2 Å². The van der Waals surface area contributed by atoms with Crippen molar-refractivity contribution in [3.8, 4) is 11.1 Å². The number of aromatic nitrogens is 1. The van der Waals surface area contributed by atoms with Crippen molar-refractivity contribution < 1.29 is 17.6 Å². The van der Waals surface area contributed by atoms with Gasteiger partial charge in [0.1, 0.15) is 5.82 Å². The Kier molecular flexibility index (Phi) is 4.14. The summed E-state index contributed by atoms with van der Waals surface area (Å²) in [6, 6.07) is 3.33. The Morgan fingerprint density at radius 2 is 1.50 bits per heavy atom. The molecule has 0 fully saturated rings. The molecule has 1 aromatic carbocycles. The summed E-state index contributed by atoms with van der Waals surface area (Å²) in [4.78, 5) is 3.17. The fourth-order valence-corrected chi connectivity index (χ4v) is 2.36. The number of rotatable bonds is 1. The van der Waals surface area contributed by atoms with Gasteiger partial charge in [-0.25, -0.2) is 4.39 Å². The molecular weight excluding hydrogens is 340 g/mol. The largest absolute Gasteiger partial charge is 0.434 e. The van der Waals surface area contributed by atoms with Gasteiger partial charge in [0.15, 0.2) is 5.69 Å². The van der Waals surface area contributed by atoms with Crippen LogP contribution >= 0.6 is 34.8 Å². The molecule has 2 aromatic rings. The van der Waals surface area contributed by atoms with Crippen molar-refractivity contribution in [2.45, 2.75) is 6.18 Å². The molecule has 0 radical (unpaired) electrons. The number of halogens is 7. The van der Waals surface area contributed by atoms with Crippen LogP contribution in [0.5, 0.6) is 0 Å². The van der Waals surface area contributed by atoms with Crippen LogP contribution in [-0.4, -0.2) is 4.98 Å². The molecule has 0 bridgehead atoms. The van der Waals surface area contributed by atoms with Crippen LogP contribution in [0.3, 0.4) is 0 Å². The first-order chi connectivity index (χ1) is 9.23. The van der Waals surface area contributed by atoms with Gasteiger partial charge in [-0.1, -0.05) is 34.8 Å². The molecule has 0 spiro atoms. The minimum absolute atomic E-state index is 0.0394. The summed E-state index contributed by atoms with van der Waals surface area (Å²) in [5, 5.41) is -0.462. The monoisotopic (exact) mass is 343 g/mol. The highest BCUT2D eigenvalue weighted by atomic mass is 35.5. The number of hydrogen-bond acceptors (Lipinski definition) is 1. The molecule has 0 atom stereocenters. The molecule has 2 rings (SSSR count). The first kappa shape index (κ1) is 15.4. The van der Waals surface area contributed by atoms with Crippen molar-refractivity contribution in [3.63, 3.8) is 0 Å². The molecule has 0 saturated carbocycles. The molecule has 1 nitrogen and oxygen atoms in total. The summed E-state index contributed by atoms with van der Waals surface area (Å²) >= 11 is 17.4. The lowest BCUT2D eigenvalue weighted by Crippen LogP contribution is -2.11. The third-order valence-corrected chi connectivity index (χ3v) is 3.58. The number of alkyl halides is 3. The summed E-state index contributed by atoms with van der Waals surface area (Å²) < 4.78 is 52.6. The molecule has 8 heteroatoms. The van der Waals surface area contributed by atoms with Crippen molar-refractivity contribution in [3.05, 3.63) is 51.0 Å². The predicted molar refractivity (Wildman–Crippen MR) is 69.7 cm³/mol. The molecule has 106 valence electrons. The second-order valence-corrected chi connectivity index (χ2v) is 4.92. The molecule has 0 aliphatic heterocycles. The molecule has 1 aromatic heterocycles. The van der Waals surface area contributed by atoms with E-state index in [0.29, 0.717) is 6.20 Å². The van der Waals surface area contributed by atoms with Crippen LogP contribution in [0, 0.1) is 5.82 Å². The zero-order valence-electron chi connectivity index (χ0n) is 9.40. The van der Waals surface area contributed by atoms with Crippen molar-refractivity contribution in [2.75, 3.05) is 0 Å². The van der Waals surface area contributed by atoms with Gasteiger partial charge >= 0.3 is 6.18 Å². The highest BCUT2D eigenvalue weighted by Gasteiger charge is 2.38. The van der Waals surface area contributed by atoms with E-state index in [9.17, 15) is 17.6 Å².